The van der Waals surface area contributed by atoms with E-state index in [1.807, 2.05) is 19.9 Å². The molecule has 2 rings (SSSR count). The van der Waals surface area contributed by atoms with E-state index in [1.54, 1.807) is 12.1 Å². The fourth-order valence-corrected chi connectivity index (χ4v) is 2.50. The van der Waals surface area contributed by atoms with Crippen LogP contribution in [-0.4, -0.2) is 28.5 Å². The van der Waals surface area contributed by atoms with Crippen molar-refractivity contribution >= 4 is 34.8 Å². The molecule has 2 aromatic carbocycles. The Bertz CT molecular complexity index is 912. The van der Waals surface area contributed by atoms with Gasteiger partial charge in [0.1, 0.15) is 11.3 Å². The Hall–Kier alpha value is -3.53. The van der Waals surface area contributed by atoms with Gasteiger partial charge >= 0.3 is 0 Å². The van der Waals surface area contributed by atoms with E-state index < -0.39 is 16.7 Å². The molecule has 0 saturated heterocycles. The lowest BCUT2D eigenvalue weighted by Crippen LogP contribution is -2.49. The minimum atomic E-state index is -0.773. The van der Waals surface area contributed by atoms with Gasteiger partial charge in [0, 0.05) is 6.07 Å². The van der Waals surface area contributed by atoms with Crippen LogP contribution in [-0.2, 0) is 4.79 Å². The average Bonchev–Trinajstić information content (AvgIpc) is 2.64. The molecule has 0 bridgehead atoms. The summed E-state index contributed by atoms with van der Waals surface area (Å²) in [5.74, 6) is -0.744. The number of benzene rings is 2. The Balaban J connectivity index is 1.82. The van der Waals surface area contributed by atoms with E-state index in [4.69, 9.17) is 17.0 Å². The monoisotopic (exact) mass is 402 g/mol. The molecule has 0 fully saturated rings. The van der Waals surface area contributed by atoms with Crippen LogP contribution in [0.15, 0.2) is 42.5 Å². The number of nitro benzene ring substituents is 1. The van der Waals surface area contributed by atoms with Gasteiger partial charge in [0.15, 0.2) is 11.7 Å². The number of nitro groups is 1. The van der Waals surface area contributed by atoms with Crippen LogP contribution < -0.4 is 20.9 Å². The van der Waals surface area contributed by atoms with Gasteiger partial charge in [-0.15, -0.1) is 0 Å². The van der Waals surface area contributed by atoms with E-state index in [0.717, 1.165) is 11.1 Å². The summed E-state index contributed by atoms with van der Waals surface area (Å²) in [5.41, 5.74) is 6.12. The Morgan fingerprint density at radius 2 is 1.75 bits per heavy atom. The second-order valence-electron chi connectivity index (χ2n) is 5.84. The standard InChI is InChI=1S/C18H18N4O5S/c1-11-7-12(2)9-13(8-11)27-10-16(23)20-21-18(28)19-17(24)14-5-3-4-6-15(14)22(25)26/h3-9H,10H2,1-2H3,(H,20,23)(H2,19,21,24,28). The summed E-state index contributed by atoms with van der Waals surface area (Å²) in [5, 5.41) is 13.0. The SMILES string of the molecule is Cc1cc(C)cc(OCC(=O)NNC(=S)NC(=O)c2ccccc2[N+](=O)[O-])c1. The zero-order chi connectivity index (χ0) is 20.7. The fraction of sp³-hybridized carbons (Fsp3) is 0.167. The van der Waals surface area contributed by atoms with Crippen molar-refractivity contribution in [2.75, 3.05) is 6.61 Å². The van der Waals surface area contributed by atoms with Crippen molar-refractivity contribution in [3.63, 3.8) is 0 Å². The smallest absolute Gasteiger partial charge is 0.282 e. The maximum Gasteiger partial charge on any atom is 0.282 e. The third kappa shape index (κ3) is 6.02. The molecule has 2 aromatic rings. The van der Waals surface area contributed by atoms with Crippen molar-refractivity contribution in [2.45, 2.75) is 13.8 Å². The highest BCUT2D eigenvalue weighted by Crippen LogP contribution is 2.17. The molecule has 0 unspecified atom stereocenters. The topological polar surface area (TPSA) is 123 Å². The van der Waals surface area contributed by atoms with Crippen LogP contribution in [0.3, 0.4) is 0 Å². The maximum atomic E-state index is 12.1. The number of hydrogen-bond acceptors (Lipinski definition) is 6. The van der Waals surface area contributed by atoms with Crippen LogP contribution in [0.2, 0.25) is 0 Å². The summed E-state index contributed by atoms with van der Waals surface area (Å²) < 4.78 is 5.40. The highest BCUT2D eigenvalue weighted by molar-refractivity contribution is 7.80. The van der Waals surface area contributed by atoms with Crippen molar-refractivity contribution in [2.24, 2.45) is 0 Å². The number of nitrogens with one attached hydrogen (secondary N) is 3. The molecule has 0 radical (unpaired) electrons. The van der Waals surface area contributed by atoms with Gasteiger partial charge in [-0.05, 0) is 55.4 Å². The van der Waals surface area contributed by atoms with Crippen LogP contribution in [0, 0.1) is 24.0 Å². The molecule has 0 aliphatic heterocycles. The molecule has 0 atom stereocenters. The minimum Gasteiger partial charge on any atom is -0.484 e. The summed E-state index contributed by atoms with van der Waals surface area (Å²) in [6.45, 7) is 3.57. The van der Waals surface area contributed by atoms with Gasteiger partial charge in [-0.2, -0.15) is 0 Å². The van der Waals surface area contributed by atoms with E-state index in [-0.39, 0.29) is 23.0 Å². The quantitative estimate of drug-likeness (QED) is 0.397. The number of para-hydroxylation sites is 1. The summed E-state index contributed by atoms with van der Waals surface area (Å²) >= 11 is 4.90. The van der Waals surface area contributed by atoms with E-state index in [2.05, 4.69) is 16.2 Å². The first-order chi connectivity index (χ1) is 13.3. The van der Waals surface area contributed by atoms with Crippen LogP contribution in [0.1, 0.15) is 21.5 Å². The number of nitrogens with zero attached hydrogens (tertiary/aromatic N) is 1. The van der Waals surface area contributed by atoms with Gasteiger partial charge in [-0.1, -0.05) is 18.2 Å². The van der Waals surface area contributed by atoms with Gasteiger partial charge < -0.3 is 4.74 Å². The number of aryl methyl sites for hydroxylation is 2. The molecule has 3 N–H and O–H groups in total. The molecule has 0 saturated carbocycles. The van der Waals surface area contributed by atoms with Crippen molar-refractivity contribution in [1.29, 1.82) is 0 Å². The van der Waals surface area contributed by atoms with Crippen LogP contribution in [0.25, 0.3) is 0 Å². The van der Waals surface area contributed by atoms with E-state index in [1.165, 1.54) is 24.3 Å². The predicted octanol–water partition coefficient (Wildman–Crippen LogP) is 1.93. The zero-order valence-electron chi connectivity index (χ0n) is 15.1. The van der Waals surface area contributed by atoms with Crippen molar-refractivity contribution in [3.05, 3.63) is 69.3 Å². The lowest BCUT2D eigenvalue weighted by Gasteiger charge is -2.12. The molecule has 10 heteroatoms. The Labute approximate surface area is 166 Å². The maximum absolute atomic E-state index is 12.1. The second-order valence-corrected chi connectivity index (χ2v) is 6.25. The van der Waals surface area contributed by atoms with Crippen molar-refractivity contribution in [1.82, 2.24) is 16.2 Å². The third-order valence-corrected chi connectivity index (χ3v) is 3.66. The number of hydrogen-bond donors (Lipinski definition) is 3. The summed E-state index contributed by atoms with van der Waals surface area (Å²) in [4.78, 5) is 34.2. The first-order valence-electron chi connectivity index (χ1n) is 8.11. The number of thiocarbonyl (C=S) groups is 1. The molecule has 0 spiro atoms. The van der Waals surface area contributed by atoms with Gasteiger partial charge in [0.25, 0.3) is 17.5 Å². The summed E-state index contributed by atoms with van der Waals surface area (Å²) in [6.07, 6.45) is 0. The summed E-state index contributed by atoms with van der Waals surface area (Å²) in [7, 11) is 0. The third-order valence-electron chi connectivity index (χ3n) is 3.45. The Morgan fingerprint density at radius 3 is 2.39 bits per heavy atom. The lowest BCUT2D eigenvalue weighted by molar-refractivity contribution is -0.385. The molecule has 0 aliphatic carbocycles. The van der Waals surface area contributed by atoms with Gasteiger partial charge in [0.2, 0.25) is 0 Å². The molecular weight excluding hydrogens is 384 g/mol. The first-order valence-corrected chi connectivity index (χ1v) is 8.52. The molecule has 0 heterocycles. The molecule has 9 nitrogen and oxygen atoms in total. The van der Waals surface area contributed by atoms with Gasteiger partial charge in [-0.25, -0.2) is 0 Å². The Kier molecular flexibility index (Phi) is 6.99. The summed E-state index contributed by atoms with van der Waals surface area (Å²) in [6, 6.07) is 11.0. The van der Waals surface area contributed by atoms with E-state index in [9.17, 15) is 19.7 Å². The molecule has 146 valence electrons. The van der Waals surface area contributed by atoms with E-state index in [0.29, 0.717) is 5.75 Å². The number of ether oxygens (including phenoxy) is 1. The van der Waals surface area contributed by atoms with Crippen LogP contribution in [0.5, 0.6) is 5.75 Å². The van der Waals surface area contributed by atoms with Crippen LogP contribution >= 0.6 is 12.2 Å². The molecular formula is C18H18N4O5S. The molecule has 0 aromatic heterocycles. The highest BCUT2D eigenvalue weighted by atomic mass is 32.1. The predicted molar refractivity (Wildman–Crippen MR) is 106 cm³/mol. The normalized spacial score (nSPS) is 9.93. The van der Waals surface area contributed by atoms with E-state index >= 15 is 0 Å². The highest BCUT2D eigenvalue weighted by Gasteiger charge is 2.19. The second kappa shape index (κ2) is 9.42. The van der Waals surface area contributed by atoms with Gasteiger partial charge in [-0.3, -0.25) is 35.9 Å². The number of amides is 2. The lowest BCUT2D eigenvalue weighted by atomic mass is 10.1. The average molecular weight is 402 g/mol. The number of carbonyl (C=O) groups is 2. The molecule has 0 aliphatic rings. The van der Waals surface area contributed by atoms with Crippen molar-refractivity contribution < 1.29 is 19.2 Å². The minimum absolute atomic E-state index is 0.152. The van der Waals surface area contributed by atoms with Gasteiger partial charge in [0.05, 0.1) is 4.92 Å². The van der Waals surface area contributed by atoms with Crippen molar-refractivity contribution in [3.8, 4) is 5.75 Å². The molecule has 28 heavy (non-hydrogen) atoms. The van der Waals surface area contributed by atoms with Crippen LogP contribution in [0.4, 0.5) is 5.69 Å². The number of rotatable bonds is 5. The zero-order valence-corrected chi connectivity index (χ0v) is 16.0. The Morgan fingerprint density at radius 1 is 1.11 bits per heavy atom. The fourth-order valence-electron chi connectivity index (χ4n) is 2.35. The largest absolute Gasteiger partial charge is 0.484 e. The first kappa shape index (κ1) is 20.8. The molecule has 2 amide bonds. The number of hydrazine groups is 1. The number of carbonyl (C=O) groups excluding carboxylic acids is 2.